The summed E-state index contributed by atoms with van der Waals surface area (Å²) in [5, 5.41) is 2.95. The highest BCUT2D eigenvalue weighted by molar-refractivity contribution is 5.94. The summed E-state index contributed by atoms with van der Waals surface area (Å²) in [6.45, 7) is 3.95. The molecule has 0 saturated heterocycles. The number of carbonyl (C=O) groups is 2. The molecule has 0 aliphatic rings. The maximum Gasteiger partial charge on any atom is 0.226 e. The van der Waals surface area contributed by atoms with E-state index in [2.05, 4.69) is 5.32 Å². The maximum absolute atomic E-state index is 12.2. The zero-order valence-corrected chi connectivity index (χ0v) is 14.5. The monoisotopic (exact) mass is 324 g/mol. The molecule has 4 nitrogen and oxygen atoms in total. The molecule has 0 radical (unpaired) electrons. The third kappa shape index (κ3) is 4.69. The molecule has 0 aromatic heterocycles. The topological polar surface area (TPSA) is 49.4 Å². The summed E-state index contributed by atoms with van der Waals surface area (Å²) in [5.74, 6) is -0.0383. The predicted molar refractivity (Wildman–Crippen MR) is 98.2 cm³/mol. The fourth-order valence-electron chi connectivity index (χ4n) is 2.58. The molecule has 2 amide bonds. The zero-order chi connectivity index (χ0) is 17.5. The van der Waals surface area contributed by atoms with Crippen molar-refractivity contribution in [2.75, 3.05) is 17.3 Å². The second-order valence-electron chi connectivity index (χ2n) is 5.96. The van der Waals surface area contributed by atoms with Crippen LogP contribution in [0.1, 0.15) is 30.4 Å². The Balaban J connectivity index is 1.81. The van der Waals surface area contributed by atoms with Gasteiger partial charge >= 0.3 is 0 Å². The molecule has 0 heterocycles. The quantitative estimate of drug-likeness (QED) is 0.870. The van der Waals surface area contributed by atoms with Crippen LogP contribution in [0, 0.1) is 13.8 Å². The van der Waals surface area contributed by atoms with Gasteiger partial charge in [-0.05, 0) is 43.5 Å². The molecule has 0 bridgehead atoms. The average molecular weight is 324 g/mol. The number of hydrogen-bond acceptors (Lipinski definition) is 2. The summed E-state index contributed by atoms with van der Waals surface area (Å²) in [6, 6.07) is 15.4. The van der Waals surface area contributed by atoms with Gasteiger partial charge in [0.15, 0.2) is 0 Å². The molecule has 4 heteroatoms. The molecule has 0 atom stereocenters. The number of benzene rings is 2. The molecule has 24 heavy (non-hydrogen) atoms. The summed E-state index contributed by atoms with van der Waals surface area (Å²) >= 11 is 0. The van der Waals surface area contributed by atoms with Gasteiger partial charge in [-0.25, -0.2) is 0 Å². The Kier molecular flexibility index (Phi) is 6.13. The van der Waals surface area contributed by atoms with E-state index < -0.39 is 0 Å². The lowest BCUT2D eigenvalue weighted by Crippen LogP contribution is -2.26. The number of hydrogen-bond donors (Lipinski definition) is 1. The third-order valence-electron chi connectivity index (χ3n) is 4.06. The van der Waals surface area contributed by atoms with Crippen molar-refractivity contribution in [3.63, 3.8) is 0 Å². The van der Waals surface area contributed by atoms with Gasteiger partial charge in [0, 0.05) is 31.3 Å². The number of aryl methyl sites for hydroxylation is 2. The van der Waals surface area contributed by atoms with Gasteiger partial charge in [0.05, 0.1) is 0 Å². The molecule has 1 N–H and O–H groups in total. The van der Waals surface area contributed by atoms with Gasteiger partial charge in [-0.3, -0.25) is 9.59 Å². The smallest absolute Gasteiger partial charge is 0.226 e. The Labute approximate surface area is 143 Å². The van der Waals surface area contributed by atoms with Crippen molar-refractivity contribution in [2.45, 2.75) is 33.1 Å². The average Bonchev–Trinajstić information content (AvgIpc) is 2.58. The molecule has 0 fully saturated rings. The molecule has 2 rings (SSSR count). The molecular formula is C20H24N2O2. The summed E-state index contributed by atoms with van der Waals surface area (Å²) in [7, 11) is 1.76. The SMILES string of the molecule is Cc1cccc(C)c1NC(=O)CCCC(=O)N(C)c1ccccc1. The Morgan fingerprint density at radius 1 is 0.917 bits per heavy atom. The fourth-order valence-corrected chi connectivity index (χ4v) is 2.58. The van der Waals surface area contributed by atoms with Crippen molar-refractivity contribution in [1.82, 2.24) is 0 Å². The Hall–Kier alpha value is -2.62. The van der Waals surface area contributed by atoms with E-state index in [1.54, 1.807) is 11.9 Å². The van der Waals surface area contributed by atoms with Crippen molar-refractivity contribution in [3.05, 3.63) is 59.7 Å². The number of nitrogens with one attached hydrogen (secondary N) is 1. The fraction of sp³-hybridized carbons (Fsp3) is 0.300. The van der Waals surface area contributed by atoms with Crippen LogP contribution in [-0.2, 0) is 9.59 Å². The van der Waals surface area contributed by atoms with Gasteiger partial charge < -0.3 is 10.2 Å². The third-order valence-corrected chi connectivity index (χ3v) is 4.06. The lowest BCUT2D eigenvalue weighted by Gasteiger charge is -2.17. The van der Waals surface area contributed by atoms with Crippen LogP contribution in [0.4, 0.5) is 11.4 Å². The molecule has 0 unspecified atom stereocenters. The molecule has 0 saturated carbocycles. The van der Waals surface area contributed by atoms with E-state index in [0.717, 1.165) is 22.5 Å². The largest absolute Gasteiger partial charge is 0.326 e. The maximum atomic E-state index is 12.2. The number of rotatable bonds is 6. The summed E-state index contributed by atoms with van der Waals surface area (Å²) in [4.78, 5) is 25.9. The minimum absolute atomic E-state index is 0.0149. The first kappa shape index (κ1) is 17.7. The minimum Gasteiger partial charge on any atom is -0.326 e. The molecule has 2 aromatic rings. The molecule has 0 aliphatic heterocycles. The number of carbonyl (C=O) groups excluding carboxylic acids is 2. The van der Waals surface area contributed by atoms with Crippen LogP contribution < -0.4 is 10.2 Å². The Morgan fingerprint density at radius 3 is 2.17 bits per heavy atom. The Bertz CT molecular complexity index is 691. The predicted octanol–water partition coefficient (Wildman–Crippen LogP) is 4.08. The lowest BCUT2D eigenvalue weighted by molar-refractivity contribution is -0.118. The highest BCUT2D eigenvalue weighted by Gasteiger charge is 2.12. The molecule has 2 aromatic carbocycles. The molecule has 126 valence electrons. The number of para-hydroxylation sites is 2. The van der Waals surface area contributed by atoms with Crippen molar-refractivity contribution >= 4 is 23.2 Å². The number of amides is 2. The van der Waals surface area contributed by atoms with Crippen LogP contribution in [0.25, 0.3) is 0 Å². The van der Waals surface area contributed by atoms with E-state index >= 15 is 0 Å². The van der Waals surface area contributed by atoms with Crippen molar-refractivity contribution in [1.29, 1.82) is 0 Å². The van der Waals surface area contributed by atoms with Crippen LogP contribution >= 0.6 is 0 Å². The van der Waals surface area contributed by atoms with Gasteiger partial charge in [-0.2, -0.15) is 0 Å². The van der Waals surface area contributed by atoms with Gasteiger partial charge in [0.2, 0.25) is 11.8 Å². The molecular weight excluding hydrogens is 300 g/mol. The molecule has 0 aliphatic carbocycles. The van der Waals surface area contributed by atoms with Crippen LogP contribution in [0.2, 0.25) is 0 Å². The van der Waals surface area contributed by atoms with Crippen molar-refractivity contribution in [2.24, 2.45) is 0 Å². The number of anilines is 2. The van der Waals surface area contributed by atoms with E-state index in [1.165, 1.54) is 0 Å². The molecule has 0 spiro atoms. The highest BCUT2D eigenvalue weighted by Crippen LogP contribution is 2.20. The number of nitrogens with zero attached hydrogens (tertiary/aromatic N) is 1. The van der Waals surface area contributed by atoms with Gasteiger partial charge in [-0.1, -0.05) is 36.4 Å². The second kappa shape index (κ2) is 8.29. The van der Waals surface area contributed by atoms with Gasteiger partial charge in [0.25, 0.3) is 0 Å². The van der Waals surface area contributed by atoms with E-state index in [9.17, 15) is 9.59 Å². The summed E-state index contributed by atoms with van der Waals surface area (Å²) < 4.78 is 0. The normalized spacial score (nSPS) is 10.3. The van der Waals surface area contributed by atoms with E-state index in [1.807, 2.05) is 62.4 Å². The van der Waals surface area contributed by atoms with Crippen LogP contribution in [0.15, 0.2) is 48.5 Å². The van der Waals surface area contributed by atoms with Crippen LogP contribution in [0.5, 0.6) is 0 Å². The Morgan fingerprint density at radius 2 is 1.54 bits per heavy atom. The first-order valence-corrected chi connectivity index (χ1v) is 8.16. The minimum atomic E-state index is -0.0532. The second-order valence-corrected chi connectivity index (χ2v) is 5.96. The first-order valence-electron chi connectivity index (χ1n) is 8.16. The van der Waals surface area contributed by atoms with E-state index in [-0.39, 0.29) is 11.8 Å². The van der Waals surface area contributed by atoms with Gasteiger partial charge in [0.1, 0.15) is 0 Å². The highest BCUT2D eigenvalue weighted by atomic mass is 16.2. The van der Waals surface area contributed by atoms with Crippen LogP contribution in [0.3, 0.4) is 0 Å². The zero-order valence-electron chi connectivity index (χ0n) is 14.5. The standard InChI is InChI=1S/C20H24N2O2/c1-15-9-7-10-16(2)20(15)21-18(23)13-8-14-19(24)22(3)17-11-5-4-6-12-17/h4-7,9-12H,8,13-14H2,1-3H3,(H,21,23). The van der Waals surface area contributed by atoms with Crippen molar-refractivity contribution in [3.8, 4) is 0 Å². The van der Waals surface area contributed by atoms with Crippen molar-refractivity contribution < 1.29 is 9.59 Å². The van der Waals surface area contributed by atoms with Crippen LogP contribution in [-0.4, -0.2) is 18.9 Å². The summed E-state index contributed by atoms with van der Waals surface area (Å²) in [5.41, 5.74) is 3.82. The lowest BCUT2D eigenvalue weighted by atomic mass is 10.1. The summed E-state index contributed by atoms with van der Waals surface area (Å²) in [6.07, 6.45) is 1.22. The van der Waals surface area contributed by atoms with Gasteiger partial charge in [-0.15, -0.1) is 0 Å². The van der Waals surface area contributed by atoms with E-state index in [4.69, 9.17) is 0 Å². The first-order chi connectivity index (χ1) is 11.5. The van der Waals surface area contributed by atoms with E-state index in [0.29, 0.717) is 19.3 Å².